The van der Waals surface area contributed by atoms with Gasteiger partial charge in [-0.15, -0.1) is 0 Å². The molecule has 0 amide bonds. The molecule has 1 atom stereocenters. The van der Waals surface area contributed by atoms with Gasteiger partial charge in [0.2, 0.25) is 0 Å². The van der Waals surface area contributed by atoms with E-state index in [1.165, 1.54) is 31.3 Å². The lowest BCUT2D eigenvalue weighted by molar-refractivity contribution is 0.558. The van der Waals surface area contributed by atoms with Crippen molar-refractivity contribution in [3.8, 4) is 0 Å². The molecular weight excluding hydrogens is 439 g/mol. The van der Waals surface area contributed by atoms with Gasteiger partial charge in [-0.25, -0.2) is 0 Å². The van der Waals surface area contributed by atoms with Crippen LogP contribution in [0.5, 0.6) is 0 Å². The quantitative estimate of drug-likeness (QED) is 0.511. The van der Waals surface area contributed by atoms with Crippen LogP contribution in [0.4, 0.5) is 0 Å². The van der Waals surface area contributed by atoms with Gasteiger partial charge >= 0.3 is 0 Å². The summed E-state index contributed by atoms with van der Waals surface area (Å²) in [5.41, 5.74) is 5.35. The Balaban J connectivity index is 1.92. The van der Waals surface area contributed by atoms with Crippen molar-refractivity contribution in [1.29, 1.82) is 0 Å². The van der Waals surface area contributed by atoms with E-state index in [1.54, 1.807) is 0 Å². The van der Waals surface area contributed by atoms with Crippen molar-refractivity contribution in [2.45, 2.75) is 12.5 Å². The smallest absolute Gasteiger partial charge is 0.0742 e. The molecule has 0 aliphatic carbocycles. The number of halogens is 2. The molecule has 2 N–H and O–H groups in total. The third-order valence-electron chi connectivity index (χ3n) is 4.13. The Morgan fingerprint density at radius 1 is 1.14 bits per heavy atom. The monoisotopic (exact) mass is 452 g/mol. The van der Waals surface area contributed by atoms with E-state index in [0.717, 1.165) is 17.4 Å². The first-order chi connectivity index (χ1) is 10.2. The minimum absolute atomic E-state index is 0.257. The molecule has 4 rings (SSSR count). The molecule has 1 aromatic heterocycles. The predicted molar refractivity (Wildman–Crippen MR) is 98.7 cm³/mol. The summed E-state index contributed by atoms with van der Waals surface area (Å²) in [6, 6.07) is 15.3. The fraction of sp³-hybridized carbons (Fsp3) is 0.176. The summed E-state index contributed by atoms with van der Waals surface area (Å²) in [4.78, 5) is 3.63. The lowest BCUT2D eigenvalue weighted by Crippen LogP contribution is -2.30. The van der Waals surface area contributed by atoms with Crippen LogP contribution < -0.4 is 5.32 Å². The Morgan fingerprint density at radius 2 is 2.00 bits per heavy atom. The van der Waals surface area contributed by atoms with Crippen molar-refractivity contribution in [1.82, 2.24) is 10.3 Å². The number of aromatic amines is 1. The van der Waals surface area contributed by atoms with Gasteiger partial charge in [-0.1, -0.05) is 34.1 Å². The summed E-state index contributed by atoms with van der Waals surface area (Å²) in [7, 11) is 0. The topological polar surface area (TPSA) is 27.8 Å². The fourth-order valence-electron chi connectivity index (χ4n) is 3.17. The molecule has 2 heterocycles. The molecule has 1 unspecified atom stereocenters. The van der Waals surface area contributed by atoms with E-state index < -0.39 is 0 Å². The van der Waals surface area contributed by atoms with Gasteiger partial charge in [-0.2, -0.15) is 0 Å². The van der Waals surface area contributed by atoms with Crippen LogP contribution in [0.1, 0.15) is 22.9 Å². The first-order valence-corrected chi connectivity index (χ1v) is 8.89. The molecule has 1 aliphatic heterocycles. The first kappa shape index (κ1) is 13.8. The van der Waals surface area contributed by atoms with Crippen LogP contribution >= 0.6 is 38.5 Å². The van der Waals surface area contributed by atoms with Crippen LogP contribution in [0.3, 0.4) is 0 Å². The third-order valence-corrected chi connectivity index (χ3v) is 5.61. The normalized spacial score (nSPS) is 17.9. The van der Waals surface area contributed by atoms with Crippen molar-refractivity contribution >= 4 is 49.4 Å². The highest BCUT2D eigenvalue weighted by Gasteiger charge is 2.26. The van der Waals surface area contributed by atoms with E-state index in [0.29, 0.717) is 0 Å². The molecule has 1 aliphatic rings. The number of aromatic nitrogens is 1. The summed E-state index contributed by atoms with van der Waals surface area (Å²) in [6.45, 7) is 1.02. The molecular formula is C17H14BrIN2. The number of fused-ring (bicyclic) bond motifs is 3. The van der Waals surface area contributed by atoms with Crippen LogP contribution in [0.15, 0.2) is 46.9 Å². The summed E-state index contributed by atoms with van der Waals surface area (Å²) in [5.74, 6) is 0. The van der Waals surface area contributed by atoms with Gasteiger partial charge in [-0.3, -0.25) is 0 Å². The zero-order valence-corrected chi connectivity index (χ0v) is 15.0. The van der Waals surface area contributed by atoms with E-state index in [4.69, 9.17) is 0 Å². The third kappa shape index (κ3) is 2.33. The van der Waals surface area contributed by atoms with E-state index in [1.807, 2.05) is 0 Å². The van der Waals surface area contributed by atoms with Gasteiger partial charge in [0.15, 0.2) is 0 Å². The van der Waals surface area contributed by atoms with Crippen molar-refractivity contribution in [2.24, 2.45) is 0 Å². The van der Waals surface area contributed by atoms with Crippen LogP contribution in [-0.2, 0) is 6.42 Å². The molecule has 0 radical (unpaired) electrons. The van der Waals surface area contributed by atoms with E-state index in [-0.39, 0.29) is 6.04 Å². The number of hydrogen-bond acceptors (Lipinski definition) is 1. The molecule has 0 spiro atoms. The Kier molecular flexibility index (Phi) is 3.55. The van der Waals surface area contributed by atoms with Gasteiger partial charge in [0.25, 0.3) is 0 Å². The Bertz CT molecular complexity index is 825. The zero-order valence-electron chi connectivity index (χ0n) is 11.3. The van der Waals surface area contributed by atoms with E-state index >= 15 is 0 Å². The highest BCUT2D eigenvalue weighted by Crippen LogP contribution is 2.35. The van der Waals surface area contributed by atoms with Crippen molar-refractivity contribution in [2.75, 3.05) is 6.54 Å². The average Bonchev–Trinajstić information content (AvgIpc) is 2.86. The van der Waals surface area contributed by atoms with Crippen LogP contribution in [0.25, 0.3) is 10.9 Å². The molecule has 2 aromatic carbocycles. The number of hydrogen-bond donors (Lipinski definition) is 2. The molecule has 0 bridgehead atoms. The van der Waals surface area contributed by atoms with Gasteiger partial charge in [0.05, 0.1) is 6.04 Å². The molecule has 21 heavy (non-hydrogen) atoms. The minimum Gasteiger partial charge on any atom is -0.357 e. The maximum atomic E-state index is 3.66. The molecule has 4 heteroatoms. The van der Waals surface area contributed by atoms with Crippen LogP contribution in [-0.4, -0.2) is 11.5 Å². The number of rotatable bonds is 1. The lowest BCUT2D eigenvalue weighted by Gasteiger charge is -2.25. The van der Waals surface area contributed by atoms with Gasteiger partial charge in [0, 0.05) is 31.2 Å². The highest BCUT2D eigenvalue weighted by molar-refractivity contribution is 14.1. The molecule has 0 saturated heterocycles. The van der Waals surface area contributed by atoms with Crippen molar-refractivity contribution in [3.63, 3.8) is 0 Å². The highest BCUT2D eigenvalue weighted by atomic mass is 127. The standard InChI is InChI=1S/C17H14BrIN2/c18-10-5-6-15-13(9-10)11-7-8-20-16(17(11)21-15)12-3-1-2-4-14(12)19/h1-6,9,16,20-21H,7-8H2. The summed E-state index contributed by atoms with van der Waals surface area (Å²) >= 11 is 6.01. The number of H-pyrrole nitrogens is 1. The van der Waals surface area contributed by atoms with E-state index in [2.05, 4.69) is 91.3 Å². The average molecular weight is 453 g/mol. The summed E-state index contributed by atoms with van der Waals surface area (Å²) < 4.78 is 2.45. The van der Waals surface area contributed by atoms with Crippen LogP contribution in [0, 0.1) is 3.57 Å². The maximum absolute atomic E-state index is 3.66. The van der Waals surface area contributed by atoms with Crippen molar-refractivity contribution in [3.05, 3.63) is 67.3 Å². The van der Waals surface area contributed by atoms with Crippen molar-refractivity contribution < 1.29 is 0 Å². The Hall–Kier alpha value is -0.850. The summed E-state index contributed by atoms with van der Waals surface area (Å²) in [6.07, 6.45) is 1.08. The van der Waals surface area contributed by atoms with Crippen LogP contribution in [0.2, 0.25) is 0 Å². The minimum atomic E-state index is 0.257. The second-order valence-electron chi connectivity index (χ2n) is 5.37. The Labute approximate surface area is 145 Å². The van der Waals surface area contributed by atoms with Gasteiger partial charge in [0.1, 0.15) is 0 Å². The van der Waals surface area contributed by atoms with Gasteiger partial charge < -0.3 is 10.3 Å². The van der Waals surface area contributed by atoms with Gasteiger partial charge in [-0.05, 0) is 64.4 Å². The Morgan fingerprint density at radius 3 is 2.86 bits per heavy atom. The lowest BCUT2D eigenvalue weighted by atomic mass is 9.94. The number of benzene rings is 2. The molecule has 0 fully saturated rings. The first-order valence-electron chi connectivity index (χ1n) is 7.02. The molecule has 2 nitrogen and oxygen atoms in total. The molecule has 0 saturated carbocycles. The zero-order chi connectivity index (χ0) is 14.4. The molecule has 3 aromatic rings. The number of nitrogens with one attached hydrogen (secondary N) is 2. The largest absolute Gasteiger partial charge is 0.357 e. The van der Waals surface area contributed by atoms with E-state index in [9.17, 15) is 0 Å². The molecule has 106 valence electrons. The summed E-state index contributed by atoms with van der Waals surface area (Å²) in [5, 5.41) is 5.00. The fourth-order valence-corrected chi connectivity index (χ4v) is 4.23. The second-order valence-corrected chi connectivity index (χ2v) is 7.44. The predicted octanol–water partition coefficient (Wildman–Crippen LogP) is 4.77. The maximum Gasteiger partial charge on any atom is 0.0742 e. The SMILES string of the molecule is Brc1ccc2[nH]c3c(c2c1)CCNC3c1ccccc1I. The second kappa shape index (κ2) is 5.41.